The van der Waals surface area contributed by atoms with Crippen LogP contribution in [0.4, 0.5) is 10.5 Å². The number of hydrogen-bond donors (Lipinski definition) is 2. The Balaban J connectivity index is 1.97. The molecular weight excluding hydrogens is 310 g/mol. The van der Waals surface area contributed by atoms with Gasteiger partial charge in [-0.15, -0.1) is 11.3 Å². The van der Waals surface area contributed by atoms with Crippen molar-refractivity contribution in [2.75, 3.05) is 12.4 Å². The van der Waals surface area contributed by atoms with E-state index in [1.165, 1.54) is 16.2 Å². The lowest BCUT2D eigenvalue weighted by molar-refractivity contribution is -0.113. The number of amides is 3. The lowest BCUT2D eigenvalue weighted by Gasteiger charge is -2.33. The SMILES string of the molecule is CC1=C(C(=O)Nc2ccccc2)[C@H](c2cccs2)NC(=O)N1C. The molecule has 1 aliphatic rings. The Bertz CT molecular complexity index is 753. The highest BCUT2D eigenvalue weighted by atomic mass is 32.1. The predicted molar refractivity (Wildman–Crippen MR) is 91.1 cm³/mol. The maximum absolute atomic E-state index is 12.8. The molecule has 0 radical (unpaired) electrons. The number of carbonyl (C=O) groups excluding carboxylic acids is 2. The van der Waals surface area contributed by atoms with Gasteiger partial charge in [-0.2, -0.15) is 0 Å². The average molecular weight is 327 g/mol. The molecule has 0 saturated carbocycles. The van der Waals surface area contributed by atoms with Crippen LogP contribution in [0.1, 0.15) is 17.8 Å². The summed E-state index contributed by atoms with van der Waals surface area (Å²) in [6, 6.07) is 12.5. The number of para-hydroxylation sites is 1. The number of rotatable bonds is 3. The van der Waals surface area contributed by atoms with E-state index in [0.717, 1.165) is 10.6 Å². The van der Waals surface area contributed by atoms with E-state index in [9.17, 15) is 9.59 Å². The predicted octanol–water partition coefficient (Wildman–Crippen LogP) is 3.36. The Labute approximate surface area is 138 Å². The molecule has 0 unspecified atom stereocenters. The summed E-state index contributed by atoms with van der Waals surface area (Å²) >= 11 is 1.51. The topological polar surface area (TPSA) is 61.4 Å². The van der Waals surface area contributed by atoms with Crippen molar-refractivity contribution < 1.29 is 9.59 Å². The van der Waals surface area contributed by atoms with Gasteiger partial charge in [0.05, 0.1) is 11.6 Å². The Morgan fingerprint density at radius 1 is 1.22 bits per heavy atom. The van der Waals surface area contributed by atoms with Gasteiger partial charge in [0.25, 0.3) is 5.91 Å². The van der Waals surface area contributed by atoms with E-state index < -0.39 is 6.04 Å². The smallest absolute Gasteiger partial charge is 0.322 e. The summed E-state index contributed by atoms with van der Waals surface area (Å²) in [6.45, 7) is 1.79. The summed E-state index contributed by atoms with van der Waals surface area (Å²) in [7, 11) is 1.66. The Morgan fingerprint density at radius 2 is 1.96 bits per heavy atom. The van der Waals surface area contributed by atoms with Crippen molar-refractivity contribution in [1.82, 2.24) is 10.2 Å². The van der Waals surface area contributed by atoms with Crippen molar-refractivity contribution in [3.05, 3.63) is 64.0 Å². The highest BCUT2D eigenvalue weighted by Gasteiger charge is 2.34. The van der Waals surface area contributed by atoms with Gasteiger partial charge in [-0.25, -0.2) is 4.79 Å². The normalized spacial score (nSPS) is 17.9. The Hall–Kier alpha value is -2.60. The zero-order valence-electron chi connectivity index (χ0n) is 12.9. The first-order chi connectivity index (χ1) is 11.1. The first-order valence-electron chi connectivity index (χ1n) is 7.22. The summed E-state index contributed by atoms with van der Waals surface area (Å²) in [6.07, 6.45) is 0. The van der Waals surface area contributed by atoms with Crippen molar-refractivity contribution >= 4 is 29.0 Å². The van der Waals surface area contributed by atoms with E-state index in [0.29, 0.717) is 11.3 Å². The van der Waals surface area contributed by atoms with Gasteiger partial charge >= 0.3 is 6.03 Å². The quantitative estimate of drug-likeness (QED) is 0.908. The number of carbonyl (C=O) groups is 2. The molecule has 1 aromatic carbocycles. The van der Waals surface area contributed by atoms with E-state index in [2.05, 4.69) is 10.6 Å². The minimum atomic E-state index is -0.428. The van der Waals surface area contributed by atoms with E-state index in [-0.39, 0.29) is 11.9 Å². The first-order valence-corrected chi connectivity index (χ1v) is 8.10. The van der Waals surface area contributed by atoms with E-state index >= 15 is 0 Å². The summed E-state index contributed by atoms with van der Waals surface area (Å²) in [5.74, 6) is -0.209. The molecule has 2 N–H and O–H groups in total. The zero-order chi connectivity index (χ0) is 16.4. The summed E-state index contributed by atoms with van der Waals surface area (Å²) < 4.78 is 0. The fraction of sp³-hybridized carbons (Fsp3) is 0.176. The van der Waals surface area contributed by atoms with Crippen LogP contribution in [-0.4, -0.2) is 23.9 Å². The molecule has 118 valence electrons. The standard InChI is InChI=1S/C17H17N3O2S/c1-11-14(16(21)18-12-7-4-3-5-8-12)15(13-9-6-10-23-13)19-17(22)20(11)2/h3-10,15H,1-2H3,(H,18,21)(H,19,22)/t15-/m0/s1. The van der Waals surface area contributed by atoms with Gasteiger partial charge in [-0.3, -0.25) is 4.79 Å². The maximum atomic E-state index is 12.8. The van der Waals surface area contributed by atoms with Crippen molar-refractivity contribution in [2.24, 2.45) is 0 Å². The second-order valence-corrected chi connectivity index (χ2v) is 6.26. The van der Waals surface area contributed by atoms with Gasteiger partial charge in [0, 0.05) is 23.3 Å². The molecular formula is C17H17N3O2S. The molecule has 2 heterocycles. The number of nitrogens with zero attached hydrogens (tertiary/aromatic N) is 1. The molecule has 0 bridgehead atoms. The minimum absolute atomic E-state index is 0.209. The fourth-order valence-corrected chi connectivity index (χ4v) is 3.30. The molecule has 2 aromatic rings. The Kier molecular flexibility index (Phi) is 4.16. The van der Waals surface area contributed by atoms with Crippen LogP contribution in [0.25, 0.3) is 0 Å². The molecule has 5 nitrogen and oxygen atoms in total. The zero-order valence-corrected chi connectivity index (χ0v) is 13.7. The van der Waals surface area contributed by atoms with E-state index in [4.69, 9.17) is 0 Å². The van der Waals surface area contributed by atoms with Crippen molar-refractivity contribution in [2.45, 2.75) is 13.0 Å². The molecule has 0 saturated heterocycles. The lowest BCUT2D eigenvalue weighted by atomic mass is 9.99. The molecule has 3 amide bonds. The van der Waals surface area contributed by atoms with Crippen LogP contribution in [0.15, 0.2) is 59.1 Å². The van der Waals surface area contributed by atoms with Crippen LogP contribution in [-0.2, 0) is 4.79 Å². The van der Waals surface area contributed by atoms with Crippen LogP contribution >= 0.6 is 11.3 Å². The molecule has 1 aliphatic heterocycles. The summed E-state index contributed by atoms with van der Waals surface area (Å²) in [5, 5.41) is 7.73. The number of benzene rings is 1. The fourth-order valence-electron chi connectivity index (χ4n) is 2.52. The summed E-state index contributed by atoms with van der Waals surface area (Å²) in [5.41, 5.74) is 1.93. The molecule has 0 spiro atoms. The molecule has 23 heavy (non-hydrogen) atoms. The van der Waals surface area contributed by atoms with Crippen LogP contribution in [0.5, 0.6) is 0 Å². The third-order valence-electron chi connectivity index (χ3n) is 3.86. The number of urea groups is 1. The monoisotopic (exact) mass is 327 g/mol. The number of allylic oxidation sites excluding steroid dienone is 1. The number of nitrogens with one attached hydrogen (secondary N) is 2. The maximum Gasteiger partial charge on any atom is 0.322 e. The molecule has 6 heteroatoms. The van der Waals surface area contributed by atoms with Gasteiger partial charge in [-0.1, -0.05) is 24.3 Å². The van der Waals surface area contributed by atoms with Crippen molar-refractivity contribution in [1.29, 1.82) is 0 Å². The van der Waals surface area contributed by atoms with Gasteiger partial charge in [0.1, 0.15) is 0 Å². The molecule has 1 atom stereocenters. The van der Waals surface area contributed by atoms with Crippen LogP contribution in [0.3, 0.4) is 0 Å². The van der Waals surface area contributed by atoms with Crippen molar-refractivity contribution in [3.8, 4) is 0 Å². The van der Waals surface area contributed by atoms with Gasteiger partial charge in [0.2, 0.25) is 0 Å². The first kappa shape index (κ1) is 15.3. The third-order valence-corrected chi connectivity index (χ3v) is 4.80. The van der Waals surface area contributed by atoms with Crippen LogP contribution in [0.2, 0.25) is 0 Å². The summed E-state index contributed by atoms with van der Waals surface area (Å²) in [4.78, 5) is 27.3. The highest BCUT2D eigenvalue weighted by Crippen LogP contribution is 2.32. The number of hydrogen-bond acceptors (Lipinski definition) is 3. The van der Waals surface area contributed by atoms with Crippen LogP contribution < -0.4 is 10.6 Å². The van der Waals surface area contributed by atoms with Gasteiger partial charge < -0.3 is 15.5 Å². The number of anilines is 1. The molecule has 3 rings (SSSR count). The van der Waals surface area contributed by atoms with E-state index in [1.54, 1.807) is 14.0 Å². The number of thiophene rings is 1. The molecule has 0 aliphatic carbocycles. The van der Waals surface area contributed by atoms with Gasteiger partial charge in [-0.05, 0) is 30.5 Å². The highest BCUT2D eigenvalue weighted by molar-refractivity contribution is 7.10. The van der Waals surface area contributed by atoms with Crippen molar-refractivity contribution in [3.63, 3.8) is 0 Å². The second-order valence-electron chi connectivity index (χ2n) is 5.28. The third kappa shape index (κ3) is 2.98. The van der Waals surface area contributed by atoms with Gasteiger partial charge in [0.15, 0.2) is 0 Å². The Morgan fingerprint density at radius 3 is 2.61 bits per heavy atom. The second kappa shape index (κ2) is 6.26. The molecule has 1 aromatic heterocycles. The molecule has 0 fully saturated rings. The minimum Gasteiger partial charge on any atom is -0.326 e. The van der Waals surface area contributed by atoms with Crippen LogP contribution in [0, 0.1) is 0 Å². The van der Waals surface area contributed by atoms with E-state index in [1.807, 2.05) is 47.8 Å². The average Bonchev–Trinajstić information content (AvgIpc) is 3.07. The lowest BCUT2D eigenvalue weighted by Crippen LogP contribution is -2.46. The largest absolute Gasteiger partial charge is 0.326 e.